The number of hydrogen-bond acceptors (Lipinski definition) is 2. The second kappa shape index (κ2) is 8.97. The summed E-state index contributed by atoms with van der Waals surface area (Å²) in [5, 5.41) is 2.55. The molecule has 2 rings (SSSR count). The Morgan fingerprint density at radius 1 is 1.08 bits per heavy atom. The minimum Gasteiger partial charge on any atom is -0.357 e. The first-order valence-electron chi connectivity index (χ1n) is 8.31. The van der Waals surface area contributed by atoms with Gasteiger partial charge < -0.3 is 10.2 Å². The number of halogens is 1. The number of nitrogens with zero attached hydrogens (tertiary/aromatic N) is 1. The van der Waals surface area contributed by atoms with E-state index in [-0.39, 0.29) is 30.6 Å². The van der Waals surface area contributed by atoms with Gasteiger partial charge in [0.15, 0.2) is 0 Å². The molecule has 0 aromatic heterocycles. The van der Waals surface area contributed by atoms with Crippen molar-refractivity contribution in [1.82, 2.24) is 10.2 Å². The fourth-order valence-electron chi connectivity index (χ4n) is 2.64. The molecule has 0 aliphatic rings. The first kappa shape index (κ1) is 18.6. The Morgan fingerprint density at radius 3 is 2.36 bits per heavy atom. The van der Waals surface area contributed by atoms with Crippen LogP contribution in [0.1, 0.15) is 24.5 Å². The summed E-state index contributed by atoms with van der Waals surface area (Å²) >= 11 is 0. The van der Waals surface area contributed by atoms with Crippen LogP contribution in [0, 0.1) is 5.82 Å². The molecule has 25 heavy (non-hydrogen) atoms. The van der Waals surface area contributed by atoms with Crippen LogP contribution in [0.5, 0.6) is 0 Å². The Labute approximate surface area is 147 Å². The molecule has 132 valence electrons. The van der Waals surface area contributed by atoms with E-state index < -0.39 is 6.04 Å². The maximum absolute atomic E-state index is 14.0. The van der Waals surface area contributed by atoms with Crippen LogP contribution >= 0.6 is 0 Å². The van der Waals surface area contributed by atoms with Crippen molar-refractivity contribution in [1.29, 1.82) is 0 Å². The van der Waals surface area contributed by atoms with E-state index in [1.807, 2.05) is 30.3 Å². The summed E-state index contributed by atoms with van der Waals surface area (Å²) in [6.45, 7) is 1.72. The third-order valence-electron chi connectivity index (χ3n) is 4.18. The van der Waals surface area contributed by atoms with Gasteiger partial charge in [-0.05, 0) is 25.0 Å². The van der Waals surface area contributed by atoms with Crippen molar-refractivity contribution in [2.75, 3.05) is 7.05 Å². The highest BCUT2D eigenvalue weighted by Gasteiger charge is 2.25. The van der Waals surface area contributed by atoms with E-state index in [2.05, 4.69) is 5.32 Å². The van der Waals surface area contributed by atoms with Gasteiger partial charge in [0.2, 0.25) is 11.8 Å². The summed E-state index contributed by atoms with van der Waals surface area (Å²) in [6.07, 6.45) is 0.841. The van der Waals surface area contributed by atoms with Crippen molar-refractivity contribution in [3.8, 4) is 0 Å². The number of carbonyl (C=O) groups is 2. The normalized spacial score (nSPS) is 11.6. The van der Waals surface area contributed by atoms with Crippen LogP contribution in [0.25, 0.3) is 0 Å². The molecular formula is C20H23FN2O2. The molecule has 0 aliphatic carbocycles. The van der Waals surface area contributed by atoms with Crippen molar-refractivity contribution in [3.05, 3.63) is 71.5 Å². The Kier molecular flexibility index (Phi) is 6.69. The van der Waals surface area contributed by atoms with Crippen molar-refractivity contribution >= 4 is 11.8 Å². The average Bonchev–Trinajstić information content (AvgIpc) is 2.65. The number of carbonyl (C=O) groups excluding carboxylic acids is 2. The molecule has 0 fully saturated rings. The van der Waals surface area contributed by atoms with Crippen LogP contribution in [0.3, 0.4) is 0 Å². The van der Waals surface area contributed by atoms with Crippen LogP contribution in [-0.4, -0.2) is 29.8 Å². The fraction of sp³-hybridized carbons (Fsp3) is 0.300. The number of benzene rings is 2. The van der Waals surface area contributed by atoms with E-state index in [1.54, 1.807) is 25.1 Å². The number of aryl methyl sites for hydroxylation is 1. The number of amides is 2. The summed E-state index contributed by atoms with van der Waals surface area (Å²) in [6, 6.07) is 15.3. The van der Waals surface area contributed by atoms with Crippen LogP contribution < -0.4 is 5.32 Å². The number of rotatable bonds is 7. The molecule has 0 radical (unpaired) electrons. The number of nitrogens with one attached hydrogen (secondary N) is 1. The first-order chi connectivity index (χ1) is 12.0. The van der Waals surface area contributed by atoms with Crippen LogP contribution in [0.2, 0.25) is 0 Å². The lowest BCUT2D eigenvalue weighted by Crippen LogP contribution is -2.46. The predicted molar refractivity (Wildman–Crippen MR) is 95.2 cm³/mol. The molecule has 4 nitrogen and oxygen atoms in total. The molecule has 0 aliphatic heterocycles. The zero-order valence-corrected chi connectivity index (χ0v) is 14.5. The molecule has 0 unspecified atom stereocenters. The van der Waals surface area contributed by atoms with E-state index in [9.17, 15) is 14.0 Å². The molecule has 2 amide bonds. The molecule has 0 saturated carbocycles. The van der Waals surface area contributed by atoms with E-state index in [4.69, 9.17) is 0 Å². The summed E-state index contributed by atoms with van der Waals surface area (Å²) in [5.74, 6) is -0.833. The molecule has 0 heterocycles. The highest BCUT2D eigenvalue weighted by molar-refractivity contribution is 5.87. The van der Waals surface area contributed by atoms with Gasteiger partial charge in [0.1, 0.15) is 11.9 Å². The van der Waals surface area contributed by atoms with Gasteiger partial charge in [-0.25, -0.2) is 4.39 Å². The van der Waals surface area contributed by atoms with E-state index in [0.717, 1.165) is 5.56 Å². The summed E-state index contributed by atoms with van der Waals surface area (Å²) in [4.78, 5) is 26.2. The van der Waals surface area contributed by atoms with Crippen molar-refractivity contribution in [2.45, 2.75) is 32.4 Å². The summed E-state index contributed by atoms with van der Waals surface area (Å²) < 4.78 is 14.0. The van der Waals surface area contributed by atoms with Gasteiger partial charge in [0.05, 0.1) is 0 Å². The standard InChI is InChI=1S/C20H23FN2O2/c1-15(20(25)22-2)23(14-17-10-6-7-11-18(17)21)19(24)13-12-16-8-4-3-5-9-16/h3-11,15H,12-14H2,1-2H3,(H,22,25)/t15-/m0/s1. The summed E-state index contributed by atoms with van der Waals surface area (Å²) in [7, 11) is 1.52. The molecule has 0 bridgehead atoms. The lowest BCUT2D eigenvalue weighted by Gasteiger charge is -2.28. The smallest absolute Gasteiger partial charge is 0.242 e. The Hall–Kier alpha value is -2.69. The SMILES string of the molecule is CNC(=O)[C@H](C)N(Cc1ccccc1F)C(=O)CCc1ccccc1. The maximum atomic E-state index is 14.0. The van der Waals surface area contributed by atoms with Crippen molar-refractivity contribution in [3.63, 3.8) is 0 Å². The second-order valence-electron chi connectivity index (χ2n) is 5.89. The zero-order valence-electron chi connectivity index (χ0n) is 14.5. The van der Waals surface area contributed by atoms with Gasteiger partial charge in [0.25, 0.3) is 0 Å². The number of likely N-dealkylation sites (N-methyl/N-ethyl adjacent to an activating group) is 1. The van der Waals surface area contributed by atoms with Crippen LogP contribution in [0.15, 0.2) is 54.6 Å². The quantitative estimate of drug-likeness (QED) is 0.841. The molecule has 2 aromatic carbocycles. The van der Waals surface area contributed by atoms with E-state index in [1.165, 1.54) is 18.0 Å². The molecule has 2 aromatic rings. The van der Waals surface area contributed by atoms with Gasteiger partial charge >= 0.3 is 0 Å². The highest BCUT2D eigenvalue weighted by atomic mass is 19.1. The lowest BCUT2D eigenvalue weighted by atomic mass is 10.1. The average molecular weight is 342 g/mol. The Bertz CT molecular complexity index is 719. The van der Waals surface area contributed by atoms with Gasteiger partial charge in [-0.15, -0.1) is 0 Å². The van der Waals surface area contributed by atoms with E-state index >= 15 is 0 Å². The third kappa shape index (κ3) is 5.14. The second-order valence-corrected chi connectivity index (χ2v) is 5.89. The predicted octanol–water partition coefficient (Wildman–Crippen LogP) is 2.92. The highest BCUT2D eigenvalue weighted by Crippen LogP contribution is 2.15. The molecule has 5 heteroatoms. The minimum absolute atomic E-state index is 0.0644. The largest absolute Gasteiger partial charge is 0.357 e. The summed E-state index contributed by atoms with van der Waals surface area (Å²) in [5.41, 5.74) is 1.45. The molecule has 0 saturated heterocycles. The van der Waals surface area contributed by atoms with Gasteiger partial charge in [0, 0.05) is 25.6 Å². The monoisotopic (exact) mass is 342 g/mol. The number of hydrogen-bond donors (Lipinski definition) is 1. The molecular weight excluding hydrogens is 319 g/mol. The maximum Gasteiger partial charge on any atom is 0.242 e. The molecule has 1 N–H and O–H groups in total. The zero-order chi connectivity index (χ0) is 18.2. The van der Waals surface area contributed by atoms with Crippen molar-refractivity contribution < 1.29 is 14.0 Å². The lowest BCUT2D eigenvalue weighted by molar-refractivity contribution is -0.140. The topological polar surface area (TPSA) is 49.4 Å². The van der Waals surface area contributed by atoms with Gasteiger partial charge in [-0.1, -0.05) is 48.5 Å². The minimum atomic E-state index is -0.673. The van der Waals surface area contributed by atoms with Crippen LogP contribution in [-0.2, 0) is 22.6 Å². The Balaban J connectivity index is 2.14. The Morgan fingerprint density at radius 2 is 1.72 bits per heavy atom. The third-order valence-corrected chi connectivity index (χ3v) is 4.18. The fourth-order valence-corrected chi connectivity index (χ4v) is 2.64. The van der Waals surface area contributed by atoms with Gasteiger partial charge in [-0.3, -0.25) is 9.59 Å². The van der Waals surface area contributed by atoms with E-state index in [0.29, 0.717) is 12.0 Å². The van der Waals surface area contributed by atoms with Gasteiger partial charge in [-0.2, -0.15) is 0 Å². The molecule has 0 spiro atoms. The first-order valence-corrected chi connectivity index (χ1v) is 8.31. The molecule has 1 atom stereocenters. The van der Waals surface area contributed by atoms with Crippen LogP contribution in [0.4, 0.5) is 4.39 Å². The van der Waals surface area contributed by atoms with Crippen molar-refractivity contribution in [2.24, 2.45) is 0 Å².